The fourth-order valence-electron chi connectivity index (χ4n) is 3.29. The summed E-state index contributed by atoms with van der Waals surface area (Å²) in [7, 11) is 0. The standard InChI is InChI=1S/C17H23FN2O2.ClH/c18-13-2-3-16-14(11-13)15(7-10-22-16)20-17(21)4-1-12-5-8-19-9-6-12;/h2-3,11-12,15,19H,1,4-10H2,(H,20,21);1H. The van der Waals surface area contributed by atoms with E-state index < -0.39 is 0 Å². The minimum Gasteiger partial charge on any atom is -0.493 e. The number of benzene rings is 1. The maximum atomic E-state index is 13.4. The third-order valence-electron chi connectivity index (χ3n) is 4.58. The zero-order valence-corrected chi connectivity index (χ0v) is 14.0. The fraction of sp³-hybridized carbons (Fsp3) is 0.588. The van der Waals surface area contributed by atoms with Crippen LogP contribution in [0.15, 0.2) is 18.2 Å². The van der Waals surface area contributed by atoms with E-state index in [2.05, 4.69) is 10.6 Å². The van der Waals surface area contributed by atoms with Crippen LogP contribution in [-0.2, 0) is 4.79 Å². The summed E-state index contributed by atoms with van der Waals surface area (Å²) >= 11 is 0. The lowest BCUT2D eigenvalue weighted by Crippen LogP contribution is -2.33. The maximum absolute atomic E-state index is 13.4. The van der Waals surface area contributed by atoms with Crippen LogP contribution in [0.25, 0.3) is 0 Å². The van der Waals surface area contributed by atoms with Crippen LogP contribution in [0.3, 0.4) is 0 Å². The van der Waals surface area contributed by atoms with Crippen molar-refractivity contribution in [2.75, 3.05) is 19.7 Å². The van der Waals surface area contributed by atoms with E-state index in [9.17, 15) is 9.18 Å². The zero-order chi connectivity index (χ0) is 15.4. The smallest absolute Gasteiger partial charge is 0.220 e. The summed E-state index contributed by atoms with van der Waals surface area (Å²) in [5.74, 6) is 1.08. The lowest BCUT2D eigenvalue weighted by molar-refractivity contribution is -0.122. The molecule has 23 heavy (non-hydrogen) atoms. The zero-order valence-electron chi connectivity index (χ0n) is 13.1. The van der Waals surface area contributed by atoms with Crippen molar-refractivity contribution in [3.8, 4) is 5.75 Å². The molecule has 1 aromatic carbocycles. The van der Waals surface area contributed by atoms with Crippen LogP contribution in [0.5, 0.6) is 5.75 Å². The topological polar surface area (TPSA) is 50.4 Å². The number of hydrogen-bond acceptors (Lipinski definition) is 3. The Morgan fingerprint density at radius 2 is 2.09 bits per heavy atom. The molecule has 128 valence electrons. The molecule has 3 rings (SSSR count). The summed E-state index contributed by atoms with van der Waals surface area (Å²) in [6, 6.07) is 4.35. The molecule has 1 atom stereocenters. The van der Waals surface area contributed by atoms with Crippen LogP contribution in [-0.4, -0.2) is 25.6 Å². The Morgan fingerprint density at radius 1 is 1.30 bits per heavy atom. The molecule has 1 amide bonds. The van der Waals surface area contributed by atoms with Crippen molar-refractivity contribution in [2.24, 2.45) is 5.92 Å². The maximum Gasteiger partial charge on any atom is 0.220 e. The number of halogens is 2. The van der Waals surface area contributed by atoms with Gasteiger partial charge in [-0.25, -0.2) is 4.39 Å². The van der Waals surface area contributed by atoms with E-state index in [1.54, 1.807) is 6.07 Å². The van der Waals surface area contributed by atoms with E-state index in [0.717, 1.165) is 37.9 Å². The van der Waals surface area contributed by atoms with E-state index in [1.165, 1.54) is 12.1 Å². The van der Waals surface area contributed by atoms with Crippen molar-refractivity contribution >= 4 is 18.3 Å². The van der Waals surface area contributed by atoms with Crippen LogP contribution in [0.4, 0.5) is 4.39 Å². The fourth-order valence-corrected chi connectivity index (χ4v) is 3.29. The van der Waals surface area contributed by atoms with Gasteiger partial charge in [-0.15, -0.1) is 12.4 Å². The molecule has 1 fully saturated rings. The van der Waals surface area contributed by atoms with Gasteiger partial charge in [0.2, 0.25) is 5.91 Å². The largest absolute Gasteiger partial charge is 0.493 e. The van der Waals surface area contributed by atoms with Gasteiger partial charge in [-0.3, -0.25) is 4.79 Å². The predicted molar refractivity (Wildman–Crippen MR) is 89.5 cm³/mol. The van der Waals surface area contributed by atoms with Gasteiger partial charge in [0.05, 0.1) is 12.6 Å². The number of amides is 1. The number of carbonyl (C=O) groups is 1. The van der Waals surface area contributed by atoms with E-state index in [1.807, 2.05) is 0 Å². The molecule has 0 aliphatic carbocycles. The van der Waals surface area contributed by atoms with E-state index in [-0.39, 0.29) is 30.2 Å². The van der Waals surface area contributed by atoms with Crippen LogP contribution < -0.4 is 15.4 Å². The molecule has 0 saturated carbocycles. The molecular weight excluding hydrogens is 319 g/mol. The second-order valence-corrected chi connectivity index (χ2v) is 6.17. The first kappa shape index (κ1) is 18.0. The van der Waals surface area contributed by atoms with Gasteiger partial charge in [-0.2, -0.15) is 0 Å². The van der Waals surface area contributed by atoms with Crippen LogP contribution in [0, 0.1) is 11.7 Å². The summed E-state index contributed by atoms with van der Waals surface area (Å²) in [4.78, 5) is 12.2. The Morgan fingerprint density at radius 3 is 2.87 bits per heavy atom. The summed E-state index contributed by atoms with van der Waals surface area (Å²) in [6.45, 7) is 2.66. The summed E-state index contributed by atoms with van der Waals surface area (Å²) in [6.07, 6.45) is 4.48. The minimum atomic E-state index is -0.293. The van der Waals surface area contributed by atoms with Gasteiger partial charge < -0.3 is 15.4 Å². The molecule has 2 heterocycles. The first-order chi connectivity index (χ1) is 10.7. The number of rotatable bonds is 4. The molecule has 0 bridgehead atoms. The Labute approximate surface area is 142 Å². The Balaban J connectivity index is 0.00000192. The van der Waals surface area contributed by atoms with Gasteiger partial charge in [0.25, 0.3) is 0 Å². The molecule has 1 saturated heterocycles. The molecule has 0 spiro atoms. The number of nitrogens with one attached hydrogen (secondary N) is 2. The normalized spacial score (nSPS) is 20.8. The molecular formula is C17H24ClFN2O2. The van der Waals surface area contributed by atoms with Crippen LogP contribution >= 0.6 is 12.4 Å². The highest BCUT2D eigenvalue weighted by Crippen LogP contribution is 2.32. The first-order valence-electron chi connectivity index (χ1n) is 8.14. The summed E-state index contributed by atoms with van der Waals surface area (Å²) in [5.41, 5.74) is 0.751. The van der Waals surface area contributed by atoms with Crippen LogP contribution in [0.1, 0.15) is 43.7 Å². The molecule has 0 radical (unpaired) electrons. The monoisotopic (exact) mass is 342 g/mol. The van der Waals surface area contributed by atoms with E-state index >= 15 is 0 Å². The van der Waals surface area contributed by atoms with Gasteiger partial charge >= 0.3 is 0 Å². The molecule has 2 N–H and O–H groups in total. The average Bonchev–Trinajstić information content (AvgIpc) is 2.54. The number of hydrogen-bond donors (Lipinski definition) is 2. The van der Waals surface area contributed by atoms with Gasteiger partial charge in [0.1, 0.15) is 11.6 Å². The third-order valence-corrected chi connectivity index (χ3v) is 4.58. The Hall–Kier alpha value is -1.33. The third kappa shape index (κ3) is 4.82. The second kappa shape index (κ2) is 8.50. The second-order valence-electron chi connectivity index (χ2n) is 6.17. The molecule has 0 aromatic heterocycles. The van der Waals surface area contributed by atoms with E-state index in [0.29, 0.717) is 31.1 Å². The molecule has 6 heteroatoms. The highest BCUT2D eigenvalue weighted by atomic mass is 35.5. The highest BCUT2D eigenvalue weighted by Gasteiger charge is 2.24. The Bertz CT molecular complexity index is 535. The lowest BCUT2D eigenvalue weighted by atomic mass is 9.93. The Kier molecular flexibility index (Phi) is 6.66. The number of fused-ring (bicyclic) bond motifs is 1. The van der Waals surface area contributed by atoms with Crippen molar-refractivity contribution in [1.29, 1.82) is 0 Å². The van der Waals surface area contributed by atoms with Gasteiger partial charge in [0, 0.05) is 18.4 Å². The van der Waals surface area contributed by atoms with E-state index in [4.69, 9.17) is 4.74 Å². The SMILES string of the molecule is Cl.O=C(CCC1CCNCC1)NC1CCOc2ccc(F)cc21. The van der Waals surface area contributed by atoms with Gasteiger partial charge in [0.15, 0.2) is 0 Å². The van der Waals surface area contributed by atoms with Gasteiger partial charge in [-0.05, 0) is 56.5 Å². The molecule has 2 aliphatic heterocycles. The summed E-state index contributed by atoms with van der Waals surface area (Å²) < 4.78 is 18.9. The quantitative estimate of drug-likeness (QED) is 0.884. The van der Waals surface area contributed by atoms with Gasteiger partial charge in [-0.1, -0.05) is 0 Å². The number of piperidine rings is 1. The molecule has 1 unspecified atom stereocenters. The van der Waals surface area contributed by atoms with Crippen molar-refractivity contribution in [1.82, 2.24) is 10.6 Å². The number of ether oxygens (including phenoxy) is 1. The minimum absolute atomic E-state index is 0. The highest BCUT2D eigenvalue weighted by molar-refractivity contribution is 5.85. The van der Waals surface area contributed by atoms with Crippen molar-refractivity contribution in [2.45, 2.75) is 38.1 Å². The number of carbonyl (C=O) groups excluding carboxylic acids is 1. The van der Waals surface area contributed by atoms with Crippen molar-refractivity contribution in [3.05, 3.63) is 29.6 Å². The summed E-state index contributed by atoms with van der Waals surface area (Å²) in [5, 5.41) is 6.37. The lowest BCUT2D eigenvalue weighted by Gasteiger charge is -2.27. The van der Waals surface area contributed by atoms with Crippen molar-refractivity contribution < 1.29 is 13.9 Å². The van der Waals surface area contributed by atoms with Crippen LogP contribution in [0.2, 0.25) is 0 Å². The van der Waals surface area contributed by atoms with Crippen molar-refractivity contribution in [3.63, 3.8) is 0 Å². The first-order valence-corrected chi connectivity index (χ1v) is 8.14. The average molecular weight is 343 g/mol. The molecule has 1 aromatic rings. The predicted octanol–water partition coefficient (Wildman–Crippen LogP) is 2.97. The molecule has 4 nitrogen and oxygen atoms in total. The molecule has 2 aliphatic rings.